The Kier molecular flexibility index (Phi) is 6.13. The number of amides is 1. The summed E-state index contributed by atoms with van der Waals surface area (Å²) in [4.78, 5) is 25.3. The Labute approximate surface area is 230 Å². The largest absolute Gasteiger partial charge is 0.444 e. The molecule has 0 aliphatic carbocycles. The molecule has 2 unspecified atom stereocenters. The van der Waals surface area contributed by atoms with Crippen molar-refractivity contribution < 1.29 is 31.9 Å². The number of halogens is 3. The van der Waals surface area contributed by atoms with Crippen molar-refractivity contribution in [3.8, 4) is 22.2 Å². The maximum absolute atomic E-state index is 13.7. The van der Waals surface area contributed by atoms with Gasteiger partial charge >= 0.3 is 12.3 Å². The maximum Gasteiger partial charge on any atom is 0.421 e. The van der Waals surface area contributed by atoms with Gasteiger partial charge in [-0.3, -0.25) is 4.90 Å². The number of benzene rings is 1. The van der Waals surface area contributed by atoms with E-state index >= 15 is 0 Å². The monoisotopic (exact) mass is 574 g/mol. The molecule has 3 fully saturated rings. The predicted octanol–water partition coefficient (Wildman–Crippen LogP) is 6.06. The second-order valence-corrected chi connectivity index (χ2v) is 11.7. The minimum absolute atomic E-state index is 0.0338. The number of aromatic nitrogens is 4. The molecule has 1 aromatic carbocycles. The summed E-state index contributed by atoms with van der Waals surface area (Å²) in [5.41, 5.74) is -0.367. The highest BCUT2D eigenvalue weighted by molar-refractivity contribution is 7.13. The number of piperazine rings is 1. The number of hydrogen-bond acceptors (Lipinski definition) is 10. The Hall–Kier alpha value is -3.94. The molecule has 3 aliphatic rings. The third-order valence-electron chi connectivity index (χ3n) is 6.62. The number of thiazole rings is 1. The third kappa shape index (κ3) is 4.80. The summed E-state index contributed by atoms with van der Waals surface area (Å²) in [5, 5.41) is 9.87. The van der Waals surface area contributed by atoms with E-state index in [1.54, 1.807) is 17.2 Å². The summed E-state index contributed by atoms with van der Waals surface area (Å²) in [6.07, 6.45) is -2.57. The highest BCUT2D eigenvalue weighted by Crippen LogP contribution is 2.43. The Morgan fingerprint density at radius 3 is 2.55 bits per heavy atom. The van der Waals surface area contributed by atoms with Crippen LogP contribution in [0.15, 0.2) is 34.2 Å². The SMILES string of the molecule is Cc1cc(C(F)(F)F)c(Oc2ccc(-c3nccs3)c3oc(N4CC5CC(C4)N5C(=O)OC(C)(C)C)nc23)nn1. The number of alkyl halides is 3. The first-order valence-corrected chi connectivity index (χ1v) is 13.4. The molecule has 2 bridgehead atoms. The van der Waals surface area contributed by atoms with E-state index in [-0.39, 0.29) is 41.2 Å². The van der Waals surface area contributed by atoms with Crippen LogP contribution < -0.4 is 9.64 Å². The number of anilines is 1. The number of aryl methyl sites for hydroxylation is 1. The average molecular weight is 575 g/mol. The number of ether oxygens (including phenoxy) is 2. The van der Waals surface area contributed by atoms with Crippen LogP contribution in [-0.2, 0) is 10.9 Å². The Balaban J connectivity index is 1.35. The fourth-order valence-electron chi connectivity index (χ4n) is 4.95. The molecule has 14 heteroatoms. The minimum Gasteiger partial charge on any atom is -0.444 e. The highest BCUT2D eigenvalue weighted by Gasteiger charge is 2.49. The van der Waals surface area contributed by atoms with Gasteiger partial charge in [-0.05, 0) is 52.3 Å². The van der Waals surface area contributed by atoms with Crippen LogP contribution in [0.5, 0.6) is 11.6 Å². The van der Waals surface area contributed by atoms with Crippen LogP contribution >= 0.6 is 11.3 Å². The lowest BCUT2D eigenvalue weighted by Crippen LogP contribution is -2.70. The van der Waals surface area contributed by atoms with Gasteiger partial charge in [0, 0.05) is 24.7 Å². The first-order valence-electron chi connectivity index (χ1n) is 12.6. The van der Waals surface area contributed by atoms with E-state index in [9.17, 15) is 18.0 Å². The zero-order valence-corrected chi connectivity index (χ0v) is 22.8. The van der Waals surface area contributed by atoms with Crippen molar-refractivity contribution in [2.24, 2.45) is 0 Å². The topological polar surface area (TPSA) is 107 Å². The van der Waals surface area contributed by atoms with E-state index in [2.05, 4.69) is 20.2 Å². The van der Waals surface area contributed by atoms with Crippen molar-refractivity contribution in [3.63, 3.8) is 0 Å². The summed E-state index contributed by atoms with van der Waals surface area (Å²) < 4.78 is 58.6. The van der Waals surface area contributed by atoms with Gasteiger partial charge in [0.1, 0.15) is 16.2 Å². The van der Waals surface area contributed by atoms with Crippen LogP contribution in [0, 0.1) is 6.92 Å². The Morgan fingerprint density at radius 2 is 1.90 bits per heavy atom. The molecule has 3 saturated heterocycles. The molecular weight excluding hydrogens is 549 g/mol. The van der Waals surface area contributed by atoms with E-state index in [4.69, 9.17) is 13.9 Å². The standard InChI is InChI=1S/C26H25F3N6O4S/c1-13-9-17(26(27,28)29)21(33-32-13)37-18-6-5-16(22-30-7-8-40-22)20-19(18)31-23(38-20)34-11-14-10-15(12-34)35(14)24(36)39-25(2,3)4/h5-9,14-15H,10-12H2,1-4H3. The number of hydrogen-bond donors (Lipinski definition) is 0. The number of rotatable bonds is 4. The summed E-state index contributed by atoms with van der Waals surface area (Å²) in [7, 11) is 0. The van der Waals surface area contributed by atoms with Crippen LogP contribution in [0.4, 0.5) is 24.0 Å². The third-order valence-corrected chi connectivity index (χ3v) is 7.43. The van der Waals surface area contributed by atoms with Crippen LogP contribution in [0.3, 0.4) is 0 Å². The Morgan fingerprint density at radius 1 is 1.15 bits per heavy atom. The molecule has 2 atom stereocenters. The van der Waals surface area contributed by atoms with Crippen molar-refractivity contribution in [2.75, 3.05) is 18.0 Å². The zero-order valence-electron chi connectivity index (χ0n) is 22.0. The normalized spacial score (nSPS) is 19.1. The van der Waals surface area contributed by atoms with Gasteiger partial charge < -0.3 is 18.8 Å². The van der Waals surface area contributed by atoms with Gasteiger partial charge in [0.25, 0.3) is 11.9 Å². The van der Waals surface area contributed by atoms with Crippen LogP contribution in [0.2, 0.25) is 0 Å². The minimum atomic E-state index is -4.69. The quantitative estimate of drug-likeness (QED) is 0.288. The summed E-state index contributed by atoms with van der Waals surface area (Å²) in [6.45, 7) is 7.82. The fourth-order valence-corrected chi connectivity index (χ4v) is 5.61. The Bertz CT molecular complexity index is 1570. The first kappa shape index (κ1) is 26.3. The summed E-state index contributed by atoms with van der Waals surface area (Å²) >= 11 is 1.39. The molecule has 1 amide bonds. The highest BCUT2D eigenvalue weighted by atomic mass is 32.1. The lowest BCUT2D eigenvalue weighted by molar-refractivity contribution is -0.139. The van der Waals surface area contributed by atoms with E-state index in [0.29, 0.717) is 29.2 Å². The van der Waals surface area contributed by atoms with Crippen LogP contribution in [0.25, 0.3) is 21.7 Å². The van der Waals surface area contributed by atoms with Crippen molar-refractivity contribution >= 4 is 34.5 Å². The number of carbonyl (C=O) groups is 1. The van der Waals surface area contributed by atoms with E-state index < -0.39 is 23.2 Å². The van der Waals surface area contributed by atoms with Crippen molar-refractivity contribution in [1.82, 2.24) is 25.1 Å². The van der Waals surface area contributed by atoms with Gasteiger partial charge in [0.15, 0.2) is 16.8 Å². The molecule has 0 N–H and O–H groups in total. The molecule has 0 spiro atoms. The second-order valence-electron chi connectivity index (χ2n) is 10.8. The van der Waals surface area contributed by atoms with Gasteiger partial charge in [0.05, 0.1) is 23.3 Å². The average Bonchev–Trinajstić information content (AvgIpc) is 3.54. The van der Waals surface area contributed by atoms with E-state index in [1.807, 2.05) is 31.1 Å². The van der Waals surface area contributed by atoms with Crippen molar-refractivity contribution in [3.05, 3.63) is 41.0 Å². The molecule has 0 radical (unpaired) electrons. The summed E-state index contributed by atoms with van der Waals surface area (Å²) in [5.74, 6) is -0.648. The molecule has 3 aromatic heterocycles. The molecule has 40 heavy (non-hydrogen) atoms. The maximum atomic E-state index is 13.7. The molecule has 210 valence electrons. The van der Waals surface area contributed by atoms with Gasteiger partial charge in [-0.15, -0.1) is 16.4 Å². The molecule has 7 rings (SSSR count). The van der Waals surface area contributed by atoms with Gasteiger partial charge in [-0.1, -0.05) is 0 Å². The predicted molar refractivity (Wildman–Crippen MR) is 139 cm³/mol. The lowest BCUT2D eigenvalue weighted by Gasteiger charge is -2.55. The number of piperidine rings is 1. The first-order chi connectivity index (χ1) is 18.9. The number of nitrogens with zero attached hydrogens (tertiary/aromatic N) is 6. The smallest absolute Gasteiger partial charge is 0.421 e. The number of fused-ring (bicyclic) bond motifs is 3. The van der Waals surface area contributed by atoms with Gasteiger partial charge in [-0.2, -0.15) is 23.3 Å². The fraction of sp³-hybridized carbons (Fsp3) is 0.423. The molecular formula is C26H25F3N6O4S. The second kappa shape index (κ2) is 9.32. The van der Waals surface area contributed by atoms with Crippen molar-refractivity contribution in [2.45, 2.75) is 58.0 Å². The number of oxazole rings is 1. The number of carbonyl (C=O) groups excluding carboxylic acids is 1. The molecule has 10 nitrogen and oxygen atoms in total. The molecule has 0 saturated carbocycles. The van der Waals surface area contributed by atoms with Crippen LogP contribution in [-0.4, -0.2) is 61.9 Å². The van der Waals surface area contributed by atoms with E-state index in [1.165, 1.54) is 24.3 Å². The van der Waals surface area contributed by atoms with Gasteiger partial charge in [-0.25, -0.2) is 9.78 Å². The molecule has 6 heterocycles. The molecule has 3 aliphatic heterocycles. The van der Waals surface area contributed by atoms with Crippen LogP contribution in [0.1, 0.15) is 38.4 Å². The zero-order chi connectivity index (χ0) is 28.4. The van der Waals surface area contributed by atoms with Gasteiger partial charge in [0.2, 0.25) is 0 Å². The van der Waals surface area contributed by atoms with E-state index in [0.717, 1.165) is 12.5 Å². The molecule has 4 aromatic rings. The van der Waals surface area contributed by atoms with Crippen molar-refractivity contribution in [1.29, 1.82) is 0 Å². The summed E-state index contributed by atoms with van der Waals surface area (Å²) in [6, 6.07) is 4.19. The lowest BCUT2D eigenvalue weighted by atomic mass is 9.88.